The lowest BCUT2D eigenvalue weighted by molar-refractivity contribution is -0.151. The summed E-state index contributed by atoms with van der Waals surface area (Å²) < 4.78 is 5.01. The van der Waals surface area contributed by atoms with Gasteiger partial charge in [0.2, 0.25) is 11.8 Å². The second-order valence-electron chi connectivity index (χ2n) is 7.56. The van der Waals surface area contributed by atoms with Crippen molar-refractivity contribution >= 4 is 17.9 Å². The van der Waals surface area contributed by atoms with Crippen LogP contribution in [-0.4, -0.2) is 78.5 Å². The second-order valence-corrected chi connectivity index (χ2v) is 7.56. The van der Waals surface area contributed by atoms with E-state index in [-0.39, 0.29) is 17.9 Å². The number of likely N-dealkylation sites (tertiary alicyclic amines) is 1. The van der Waals surface area contributed by atoms with E-state index < -0.39 is 5.41 Å². The Balaban J connectivity index is 1.58. The average Bonchev–Trinajstić information content (AvgIpc) is 3.43. The molecule has 2 heterocycles. The van der Waals surface area contributed by atoms with Crippen LogP contribution in [0.25, 0.3) is 0 Å². The molecule has 0 N–H and O–H groups in total. The molecule has 3 rings (SSSR count). The lowest BCUT2D eigenvalue weighted by Crippen LogP contribution is -2.55. The normalized spacial score (nSPS) is 25.5. The summed E-state index contributed by atoms with van der Waals surface area (Å²) in [7, 11) is 0. The van der Waals surface area contributed by atoms with Crippen molar-refractivity contribution in [2.45, 2.75) is 39.5 Å². The number of carbonyl (C=O) groups excluding carboxylic acids is 3. The topological polar surface area (TPSA) is 70.2 Å². The van der Waals surface area contributed by atoms with Crippen LogP contribution in [0.15, 0.2) is 0 Å². The van der Waals surface area contributed by atoms with Crippen molar-refractivity contribution in [3.05, 3.63) is 0 Å². The molecule has 0 aromatic carbocycles. The molecule has 0 spiro atoms. The first-order chi connectivity index (χ1) is 12.0. The Morgan fingerprint density at radius 3 is 2.12 bits per heavy atom. The fourth-order valence-electron chi connectivity index (χ4n) is 3.93. The van der Waals surface area contributed by atoms with Crippen molar-refractivity contribution in [1.29, 1.82) is 0 Å². The molecule has 25 heavy (non-hydrogen) atoms. The molecule has 140 valence electrons. The van der Waals surface area contributed by atoms with Crippen molar-refractivity contribution in [3.8, 4) is 0 Å². The highest BCUT2D eigenvalue weighted by Crippen LogP contribution is 2.49. The van der Waals surface area contributed by atoms with Gasteiger partial charge in [0.25, 0.3) is 0 Å². The molecule has 3 fully saturated rings. The summed E-state index contributed by atoms with van der Waals surface area (Å²) in [4.78, 5) is 43.0. The third kappa shape index (κ3) is 3.60. The lowest BCUT2D eigenvalue weighted by atomic mass is 9.96. The number of carbonyl (C=O) groups is 3. The summed E-state index contributed by atoms with van der Waals surface area (Å²) in [5.41, 5.74) is -0.816. The number of hydrogen-bond donors (Lipinski definition) is 0. The molecule has 1 unspecified atom stereocenters. The summed E-state index contributed by atoms with van der Waals surface area (Å²) in [6.07, 6.45) is 3.17. The van der Waals surface area contributed by atoms with Crippen molar-refractivity contribution < 1.29 is 19.1 Å². The Bertz CT molecular complexity index is 538. The minimum absolute atomic E-state index is 0.0249. The van der Waals surface area contributed by atoms with Crippen molar-refractivity contribution in [2.24, 2.45) is 11.3 Å². The van der Waals surface area contributed by atoms with Gasteiger partial charge in [-0.05, 0) is 38.5 Å². The minimum atomic E-state index is -0.816. The van der Waals surface area contributed by atoms with Gasteiger partial charge in [-0.1, -0.05) is 6.92 Å². The summed E-state index contributed by atoms with van der Waals surface area (Å²) in [5, 5.41) is 0. The molecule has 0 aromatic heterocycles. The molecular formula is C18H29N3O4. The Labute approximate surface area is 149 Å². The van der Waals surface area contributed by atoms with Gasteiger partial charge in [0, 0.05) is 39.3 Å². The van der Waals surface area contributed by atoms with E-state index in [4.69, 9.17) is 4.74 Å². The largest absolute Gasteiger partial charge is 0.450 e. The van der Waals surface area contributed by atoms with Crippen molar-refractivity contribution in [1.82, 2.24) is 14.7 Å². The highest BCUT2D eigenvalue weighted by Gasteiger charge is 2.59. The highest BCUT2D eigenvalue weighted by molar-refractivity contribution is 6.08. The molecule has 1 saturated carbocycles. The Morgan fingerprint density at radius 2 is 1.56 bits per heavy atom. The maximum Gasteiger partial charge on any atom is 0.409 e. The quantitative estimate of drug-likeness (QED) is 0.719. The molecular weight excluding hydrogens is 322 g/mol. The Morgan fingerprint density at radius 1 is 0.960 bits per heavy atom. The maximum absolute atomic E-state index is 13.0. The first-order valence-corrected chi connectivity index (χ1v) is 9.48. The number of amides is 3. The molecule has 7 heteroatoms. The number of nitrogens with zero attached hydrogens (tertiary/aromatic N) is 3. The van der Waals surface area contributed by atoms with Crippen LogP contribution in [0, 0.1) is 11.3 Å². The van der Waals surface area contributed by atoms with Crippen LogP contribution in [0.5, 0.6) is 0 Å². The van der Waals surface area contributed by atoms with E-state index in [1.165, 1.54) is 0 Å². The summed E-state index contributed by atoms with van der Waals surface area (Å²) in [5.74, 6) is 0.493. The molecule has 2 aliphatic heterocycles. The number of piperazine rings is 1. The molecule has 0 aromatic rings. The van der Waals surface area contributed by atoms with Crippen LogP contribution in [0.3, 0.4) is 0 Å². The minimum Gasteiger partial charge on any atom is -0.450 e. The van der Waals surface area contributed by atoms with Crippen LogP contribution < -0.4 is 0 Å². The Hall–Kier alpha value is -1.79. The molecule has 3 amide bonds. The maximum atomic E-state index is 13.0. The second kappa shape index (κ2) is 7.22. The molecule has 0 bridgehead atoms. The summed E-state index contributed by atoms with van der Waals surface area (Å²) >= 11 is 0. The van der Waals surface area contributed by atoms with Gasteiger partial charge in [-0.15, -0.1) is 0 Å². The number of piperidine rings is 1. The van der Waals surface area contributed by atoms with Crippen LogP contribution in [0.4, 0.5) is 4.79 Å². The van der Waals surface area contributed by atoms with Gasteiger partial charge in [0.1, 0.15) is 5.41 Å². The smallest absolute Gasteiger partial charge is 0.409 e. The zero-order chi connectivity index (χ0) is 18.0. The van der Waals surface area contributed by atoms with E-state index in [2.05, 4.69) is 6.92 Å². The standard InChI is InChI=1S/C18H29N3O4/c1-3-25-17(24)20-11-9-19(10-12-20)15(22)18(6-7-18)16(23)21-8-4-5-14(2)13-21/h14H,3-13H2,1-2H3. The first-order valence-electron chi connectivity index (χ1n) is 9.48. The van der Waals surface area contributed by atoms with Gasteiger partial charge in [-0.2, -0.15) is 0 Å². The van der Waals surface area contributed by atoms with Crippen LogP contribution >= 0.6 is 0 Å². The summed E-state index contributed by atoms with van der Waals surface area (Å²) in [6, 6.07) is 0. The van der Waals surface area contributed by atoms with Crippen LogP contribution in [0.1, 0.15) is 39.5 Å². The van der Waals surface area contributed by atoms with Gasteiger partial charge in [-0.25, -0.2) is 4.79 Å². The third-order valence-corrected chi connectivity index (χ3v) is 5.61. The first kappa shape index (κ1) is 18.0. The molecule has 7 nitrogen and oxygen atoms in total. The van der Waals surface area contributed by atoms with Gasteiger partial charge in [0.05, 0.1) is 6.61 Å². The zero-order valence-electron chi connectivity index (χ0n) is 15.3. The number of hydrogen-bond acceptors (Lipinski definition) is 4. The fraction of sp³-hybridized carbons (Fsp3) is 0.833. The van der Waals surface area contributed by atoms with E-state index in [0.29, 0.717) is 51.5 Å². The number of ether oxygens (including phenoxy) is 1. The molecule has 0 radical (unpaired) electrons. The predicted molar refractivity (Wildman–Crippen MR) is 91.8 cm³/mol. The molecule has 1 atom stereocenters. The monoisotopic (exact) mass is 351 g/mol. The van der Waals surface area contributed by atoms with Gasteiger partial charge in [0.15, 0.2) is 0 Å². The third-order valence-electron chi connectivity index (χ3n) is 5.61. The van der Waals surface area contributed by atoms with E-state index in [0.717, 1.165) is 25.9 Å². The van der Waals surface area contributed by atoms with Gasteiger partial charge >= 0.3 is 6.09 Å². The Kier molecular flexibility index (Phi) is 5.20. The van der Waals surface area contributed by atoms with Crippen LogP contribution in [-0.2, 0) is 14.3 Å². The van der Waals surface area contributed by atoms with Crippen molar-refractivity contribution in [3.63, 3.8) is 0 Å². The fourth-order valence-corrected chi connectivity index (χ4v) is 3.93. The zero-order valence-corrected chi connectivity index (χ0v) is 15.3. The summed E-state index contributed by atoms with van der Waals surface area (Å²) in [6.45, 7) is 7.72. The number of rotatable bonds is 3. The van der Waals surface area contributed by atoms with E-state index in [9.17, 15) is 14.4 Å². The average molecular weight is 351 g/mol. The molecule has 2 saturated heterocycles. The van der Waals surface area contributed by atoms with E-state index in [1.807, 2.05) is 4.90 Å². The lowest BCUT2D eigenvalue weighted by Gasteiger charge is -2.38. The molecule has 3 aliphatic rings. The van der Waals surface area contributed by atoms with Crippen LogP contribution in [0.2, 0.25) is 0 Å². The predicted octanol–water partition coefficient (Wildman–Crippen LogP) is 1.33. The van der Waals surface area contributed by atoms with Gasteiger partial charge in [-0.3, -0.25) is 9.59 Å². The SMILES string of the molecule is CCOC(=O)N1CCN(C(=O)C2(C(=O)N3CCCC(C)C3)CC2)CC1. The van der Waals surface area contributed by atoms with E-state index in [1.54, 1.807) is 16.7 Å². The van der Waals surface area contributed by atoms with E-state index >= 15 is 0 Å². The highest BCUT2D eigenvalue weighted by atomic mass is 16.6. The van der Waals surface area contributed by atoms with Gasteiger partial charge < -0.3 is 19.4 Å². The molecule has 1 aliphatic carbocycles. The van der Waals surface area contributed by atoms with Crippen molar-refractivity contribution in [2.75, 3.05) is 45.9 Å².